The van der Waals surface area contributed by atoms with Crippen LogP contribution in [0.25, 0.3) is 0 Å². The number of halogens is 1. The highest BCUT2D eigenvalue weighted by atomic mass is 35.5. The number of rotatable bonds is 9. The molecule has 0 spiro atoms. The highest BCUT2D eigenvalue weighted by Gasteiger charge is 2.16. The molecule has 0 heterocycles. The molecule has 1 unspecified atom stereocenters. The molecule has 1 atom stereocenters. The Morgan fingerprint density at radius 1 is 1.35 bits per heavy atom. The molecule has 0 fully saturated rings. The van der Waals surface area contributed by atoms with Crippen molar-refractivity contribution < 1.29 is 14.9 Å². The molecular formula is C15H24ClNO3. The van der Waals surface area contributed by atoms with Gasteiger partial charge in [-0.05, 0) is 11.6 Å². The summed E-state index contributed by atoms with van der Waals surface area (Å²) in [5.74, 6) is 0. The van der Waals surface area contributed by atoms with Crippen molar-refractivity contribution in [2.45, 2.75) is 26.6 Å². The lowest BCUT2D eigenvalue weighted by Crippen LogP contribution is -2.38. The van der Waals surface area contributed by atoms with Crippen LogP contribution in [0.1, 0.15) is 19.4 Å². The predicted molar refractivity (Wildman–Crippen MR) is 80.9 cm³/mol. The second kappa shape index (κ2) is 8.60. The van der Waals surface area contributed by atoms with E-state index in [2.05, 4.69) is 5.32 Å². The fraction of sp³-hybridized carbons (Fsp3) is 0.600. The van der Waals surface area contributed by atoms with Gasteiger partial charge in [-0.15, -0.1) is 0 Å². The molecule has 1 aromatic rings. The molecule has 0 saturated heterocycles. The van der Waals surface area contributed by atoms with Crippen LogP contribution in [0.3, 0.4) is 0 Å². The van der Waals surface area contributed by atoms with Crippen LogP contribution < -0.4 is 5.32 Å². The molecule has 1 rings (SSSR count). The summed E-state index contributed by atoms with van der Waals surface area (Å²) >= 11 is 6.01. The number of aliphatic hydroxyl groups is 2. The summed E-state index contributed by atoms with van der Waals surface area (Å²) in [5, 5.41) is 22.7. The number of benzene rings is 1. The second-order valence-electron chi connectivity index (χ2n) is 5.71. The van der Waals surface area contributed by atoms with E-state index >= 15 is 0 Å². The Kier molecular flexibility index (Phi) is 7.48. The van der Waals surface area contributed by atoms with E-state index in [1.807, 2.05) is 38.1 Å². The predicted octanol–water partition coefficient (Wildman–Crippen LogP) is 1.83. The first-order valence-electron chi connectivity index (χ1n) is 6.75. The Morgan fingerprint density at radius 2 is 2.05 bits per heavy atom. The number of hydrogen-bond donors (Lipinski definition) is 3. The van der Waals surface area contributed by atoms with Crippen LogP contribution in [0.15, 0.2) is 24.3 Å². The molecule has 114 valence electrons. The van der Waals surface area contributed by atoms with Gasteiger partial charge in [-0.1, -0.05) is 43.6 Å². The second-order valence-corrected chi connectivity index (χ2v) is 6.12. The van der Waals surface area contributed by atoms with Crippen LogP contribution >= 0.6 is 11.6 Å². The van der Waals surface area contributed by atoms with Gasteiger partial charge in [0.2, 0.25) is 0 Å². The van der Waals surface area contributed by atoms with E-state index < -0.39 is 6.10 Å². The Bertz CT molecular complexity index is 398. The van der Waals surface area contributed by atoms with Crippen LogP contribution in [0.5, 0.6) is 0 Å². The fourth-order valence-electron chi connectivity index (χ4n) is 1.61. The molecular weight excluding hydrogens is 278 g/mol. The van der Waals surface area contributed by atoms with Crippen molar-refractivity contribution in [2.24, 2.45) is 5.41 Å². The molecule has 0 amide bonds. The molecule has 0 aliphatic rings. The van der Waals surface area contributed by atoms with Crippen LogP contribution in [0.2, 0.25) is 5.02 Å². The van der Waals surface area contributed by atoms with Crippen molar-refractivity contribution in [3.63, 3.8) is 0 Å². The van der Waals surface area contributed by atoms with E-state index in [-0.39, 0.29) is 18.6 Å². The molecule has 3 N–H and O–H groups in total. The minimum absolute atomic E-state index is 0.110. The number of ether oxygens (including phenoxy) is 1. The van der Waals surface area contributed by atoms with Crippen molar-refractivity contribution in [3.05, 3.63) is 34.9 Å². The van der Waals surface area contributed by atoms with Gasteiger partial charge in [-0.25, -0.2) is 0 Å². The fourth-order valence-corrected chi connectivity index (χ4v) is 1.80. The van der Waals surface area contributed by atoms with Crippen molar-refractivity contribution >= 4 is 11.6 Å². The number of aliphatic hydroxyl groups excluding tert-OH is 2. The Labute approximate surface area is 125 Å². The number of nitrogens with one attached hydrogen (secondary N) is 1. The SMILES string of the molecule is CC(C)(CO)CNCC(O)COCc1ccccc1Cl. The van der Waals surface area contributed by atoms with Crippen LogP contribution in [-0.4, -0.2) is 42.6 Å². The third-order valence-electron chi connectivity index (χ3n) is 2.94. The third-order valence-corrected chi connectivity index (χ3v) is 3.31. The van der Waals surface area contributed by atoms with Gasteiger partial charge in [0.15, 0.2) is 0 Å². The lowest BCUT2D eigenvalue weighted by Gasteiger charge is -2.23. The third kappa shape index (κ3) is 6.68. The van der Waals surface area contributed by atoms with Gasteiger partial charge in [0.25, 0.3) is 0 Å². The number of hydrogen-bond acceptors (Lipinski definition) is 4. The molecule has 0 bridgehead atoms. The minimum Gasteiger partial charge on any atom is -0.396 e. The quantitative estimate of drug-likeness (QED) is 0.651. The molecule has 0 saturated carbocycles. The molecule has 0 aromatic heterocycles. The van der Waals surface area contributed by atoms with Gasteiger partial charge in [0.05, 0.1) is 19.3 Å². The average molecular weight is 302 g/mol. The van der Waals surface area contributed by atoms with Crippen LogP contribution in [-0.2, 0) is 11.3 Å². The molecule has 5 heteroatoms. The zero-order chi connectivity index (χ0) is 15.0. The van der Waals surface area contributed by atoms with Gasteiger partial charge in [0, 0.05) is 30.1 Å². The van der Waals surface area contributed by atoms with Crippen molar-refractivity contribution in [3.8, 4) is 0 Å². The normalized spacial score (nSPS) is 13.4. The molecule has 0 aliphatic carbocycles. The van der Waals surface area contributed by atoms with Gasteiger partial charge in [-0.3, -0.25) is 0 Å². The van der Waals surface area contributed by atoms with E-state index in [1.54, 1.807) is 0 Å². The first-order chi connectivity index (χ1) is 9.44. The summed E-state index contributed by atoms with van der Waals surface area (Å²) in [6, 6.07) is 7.49. The first-order valence-corrected chi connectivity index (χ1v) is 7.13. The summed E-state index contributed by atoms with van der Waals surface area (Å²) in [4.78, 5) is 0. The van der Waals surface area contributed by atoms with Gasteiger partial charge < -0.3 is 20.3 Å². The summed E-state index contributed by atoms with van der Waals surface area (Å²) in [5.41, 5.74) is 0.730. The Balaban J connectivity index is 2.18. The molecule has 4 nitrogen and oxygen atoms in total. The first kappa shape index (κ1) is 17.4. The lowest BCUT2D eigenvalue weighted by molar-refractivity contribution is 0.0270. The van der Waals surface area contributed by atoms with E-state index in [0.29, 0.717) is 24.7 Å². The van der Waals surface area contributed by atoms with Crippen LogP contribution in [0.4, 0.5) is 0 Å². The van der Waals surface area contributed by atoms with Crippen molar-refractivity contribution in [1.82, 2.24) is 5.32 Å². The maximum absolute atomic E-state index is 9.78. The van der Waals surface area contributed by atoms with E-state index in [4.69, 9.17) is 21.4 Å². The lowest BCUT2D eigenvalue weighted by atomic mass is 9.95. The summed E-state index contributed by atoms with van der Waals surface area (Å²) in [6.45, 7) is 5.74. The van der Waals surface area contributed by atoms with E-state index in [0.717, 1.165) is 5.56 Å². The highest BCUT2D eigenvalue weighted by Crippen LogP contribution is 2.15. The van der Waals surface area contributed by atoms with Crippen molar-refractivity contribution in [1.29, 1.82) is 0 Å². The standard InChI is InChI=1S/C15H24ClNO3/c1-15(2,11-18)10-17-7-13(19)9-20-8-12-5-3-4-6-14(12)16/h3-6,13,17-19H,7-11H2,1-2H3. The zero-order valence-corrected chi connectivity index (χ0v) is 12.9. The minimum atomic E-state index is -0.577. The average Bonchev–Trinajstić information content (AvgIpc) is 2.41. The van der Waals surface area contributed by atoms with Gasteiger partial charge >= 0.3 is 0 Å². The van der Waals surface area contributed by atoms with Crippen LogP contribution in [0, 0.1) is 5.41 Å². The topological polar surface area (TPSA) is 61.7 Å². The monoisotopic (exact) mass is 301 g/mol. The Morgan fingerprint density at radius 3 is 2.70 bits per heavy atom. The van der Waals surface area contributed by atoms with Crippen molar-refractivity contribution in [2.75, 3.05) is 26.3 Å². The summed E-state index contributed by atoms with van der Waals surface area (Å²) in [7, 11) is 0. The maximum Gasteiger partial charge on any atom is 0.0897 e. The summed E-state index contributed by atoms with van der Waals surface area (Å²) < 4.78 is 5.45. The smallest absolute Gasteiger partial charge is 0.0897 e. The van der Waals surface area contributed by atoms with E-state index in [9.17, 15) is 5.11 Å². The van der Waals surface area contributed by atoms with Gasteiger partial charge in [-0.2, -0.15) is 0 Å². The largest absolute Gasteiger partial charge is 0.396 e. The molecule has 0 aliphatic heterocycles. The molecule has 1 aromatic carbocycles. The molecule has 20 heavy (non-hydrogen) atoms. The Hall–Kier alpha value is -0.650. The van der Waals surface area contributed by atoms with Gasteiger partial charge in [0.1, 0.15) is 0 Å². The van der Waals surface area contributed by atoms with E-state index in [1.165, 1.54) is 0 Å². The zero-order valence-electron chi connectivity index (χ0n) is 12.1. The molecule has 0 radical (unpaired) electrons. The highest BCUT2D eigenvalue weighted by molar-refractivity contribution is 6.31. The summed E-state index contributed by atoms with van der Waals surface area (Å²) in [6.07, 6.45) is -0.577. The maximum atomic E-state index is 9.78.